The molecule has 0 spiro atoms. The minimum Gasteiger partial charge on any atom is -0.469 e. The van der Waals surface area contributed by atoms with Gasteiger partial charge in [0.15, 0.2) is 6.10 Å². The molecule has 74 valence electrons. The van der Waals surface area contributed by atoms with E-state index < -0.39 is 12.1 Å². The Hall–Kier alpha value is -1.10. The van der Waals surface area contributed by atoms with Crippen molar-refractivity contribution in [3.63, 3.8) is 0 Å². The summed E-state index contributed by atoms with van der Waals surface area (Å²) in [5.74, 6) is -1.76. The van der Waals surface area contributed by atoms with Gasteiger partial charge in [-0.3, -0.25) is 4.79 Å². The molecule has 5 heteroatoms. The number of aliphatic hydroxyl groups excluding tert-OH is 1. The lowest BCUT2D eigenvalue weighted by Gasteiger charge is -2.06. The fourth-order valence-electron chi connectivity index (χ4n) is 1.28. The average molecular weight is 188 g/mol. The molecule has 5 nitrogen and oxygen atoms in total. The van der Waals surface area contributed by atoms with Crippen LogP contribution in [-0.4, -0.2) is 37.4 Å². The van der Waals surface area contributed by atoms with Gasteiger partial charge in [0, 0.05) is 5.92 Å². The van der Waals surface area contributed by atoms with E-state index in [4.69, 9.17) is 0 Å². The van der Waals surface area contributed by atoms with Crippen molar-refractivity contribution in [2.45, 2.75) is 12.5 Å². The summed E-state index contributed by atoms with van der Waals surface area (Å²) in [4.78, 5) is 21.7. The maximum atomic E-state index is 10.9. The molecule has 1 aliphatic rings. The molecule has 0 bridgehead atoms. The van der Waals surface area contributed by atoms with Gasteiger partial charge in [0.25, 0.3) is 0 Å². The van der Waals surface area contributed by atoms with E-state index in [-0.39, 0.29) is 17.8 Å². The molecule has 1 fully saturated rings. The second-order valence-corrected chi connectivity index (χ2v) is 3.00. The van der Waals surface area contributed by atoms with Crippen LogP contribution in [0.15, 0.2) is 0 Å². The highest BCUT2D eigenvalue weighted by molar-refractivity contribution is 5.80. The fraction of sp³-hybridized carbons (Fsp3) is 0.750. The van der Waals surface area contributed by atoms with E-state index >= 15 is 0 Å². The molecular weight excluding hydrogens is 176 g/mol. The van der Waals surface area contributed by atoms with E-state index in [1.54, 1.807) is 0 Å². The first-order chi connectivity index (χ1) is 6.11. The molecule has 0 aromatic rings. The van der Waals surface area contributed by atoms with E-state index in [1.165, 1.54) is 14.2 Å². The number of methoxy groups -OCH3 is 2. The monoisotopic (exact) mass is 188 g/mol. The zero-order valence-electron chi connectivity index (χ0n) is 7.52. The summed E-state index contributed by atoms with van der Waals surface area (Å²) in [6.45, 7) is 0. The third-order valence-corrected chi connectivity index (χ3v) is 2.19. The molecule has 0 aliphatic heterocycles. The van der Waals surface area contributed by atoms with Crippen LogP contribution >= 0.6 is 0 Å². The van der Waals surface area contributed by atoms with Crippen molar-refractivity contribution in [1.82, 2.24) is 0 Å². The van der Waals surface area contributed by atoms with Gasteiger partial charge in [-0.15, -0.1) is 0 Å². The Kier molecular flexibility index (Phi) is 2.87. The normalized spacial score (nSPS) is 27.6. The molecule has 0 aromatic carbocycles. The summed E-state index contributed by atoms with van der Waals surface area (Å²) < 4.78 is 8.80. The molecule has 0 saturated heterocycles. The van der Waals surface area contributed by atoms with Gasteiger partial charge >= 0.3 is 11.9 Å². The predicted octanol–water partition coefficient (Wildman–Crippen LogP) is -0.671. The van der Waals surface area contributed by atoms with Gasteiger partial charge in [0.2, 0.25) is 0 Å². The van der Waals surface area contributed by atoms with E-state index in [2.05, 4.69) is 9.47 Å². The summed E-state index contributed by atoms with van der Waals surface area (Å²) in [6, 6.07) is 0. The van der Waals surface area contributed by atoms with Crippen molar-refractivity contribution in [2.24, 2.45) is 11.8 Å². The first kappa shape index (κ1) is 9.98. The second-order valence-electron chi connectivity index (χ2n) is 3.00. The molecule has 0 heterocycles. The Bertz CT molecular complexity index is 225. The molecule has 0 aromatic heterocycles. The molecule has 1 rings (SSSR count). The van der Waals surface area contributed by atoms with Gasteiger partial charge in [-0.2, -0.15) is 0 Å². The Morgan fingerprint density at radius 3 is 2.46 bits per heavy atom. The Balaban J connectivity index is 2.42. The first-order valence-corrected chi connectivity index (χ1v) is 3.95. The Labute approximate surface area is 75.6 Å². The Morgan fingerprint density at radius 2 is 2.00 bits per heavy atom. The summed E-state index contributed by atoms with van der Waals surface area (Å²) in [5.41, 5.74) is 0. The number of rotatable bonds is 3. The highest BCUT2D eigenvalue weighted by Crippen LogP contribution is 2.42. The van der Waals surface area contributed by atoms with Crippen LogP contribution in [0.25, 0.3) is 0 Å². The van der Waals surface area contributed by atoms with Gasteiger partial charge in [-0.05, 0) is 6.42 Å². The summed E-state index contributed by atoms with van der Waals surface area (Å²) in [6.07, 6.45) is -0.711. The van der Waals surface area contributed by atoms with Gasteiger partial charge in [0.1, 0.15) is 0 Å². The number of hydrogen-bond acceptors (Lipinski definition) is 5. The fourth-order valence-corrected chi connectivity index (χ4v) is 1.28. The van der Waals surface area contributed by atoms with Crippen molar-refractivity contribution in [3.8, 4) is 0 Å². The van der Waals surface area contributed by atoms with Crippen molar-refractivity contribution >= 4 is 11.9 Å². The van der Waals surface area contributed by atoms with Crippen LogP contribution < -0.4 is 0 Å². The predicted molar refractivity (Wildman–Crippen MR) is 41.6 cm³/mol. The molecule has 1 unspecified atom stereocenters. The van der Waals surface area contributed by atoms with Crippen LogP contribution in [-0.2, 0) is 19.1 Å². The standard InChI is InChI=1S/C8H12O5/c1-12-7(10)5-3-4(5)6(9)8(11)13-2/h4-6,9H,3H2,1-2H3/t4-,5-,6?/m0/s1. The number of esters is 2. The SMILES string of the molecule is COC(=O)C(O)[C@H]1C[C@@H]1C(=O)OC. The molecule has 13 heavy (non-hydrogen) atoms. The van der Waals surface area contributed by atoms with Crippen LogP contribution in [0, 0.1) is 11.8 Å². The van der Waals surface area contributed by atoms with Crippen LogP contribution in [0.2, 0.25) is 0 Å². The topological polar surface area (TPSA) is 72.8 Å². The number of aliphatic hydroxyl groups is 1. The molecule has 0 radical (unpaired) electrons. The van der Waals surface area contributed by atoms with Crippen molar-refractivity contribution in [3.05, 3.63) is 0 Å². The first-order valence-electron chi connectivity index (χ1n) is 3.95. The third-order valence-electron chi connectivity index (χ3n) is 2.19. The van der Waals surface area contributed by atoms with E-state index in [0.717, 1.165) is 0 Å². The number of hydrogen-bond donors (Lipinski definition) is 1. The lowest BCUT2D eigenvalue weighted by Crippen LogP contribution is -2.25. The summed E-state index contributed by atoms with van der Waals surface area (Å²) in [5, 5.41) is 9.29. The van der Waals surface area contributed by atoms with E-state index in [9.17, 15) is 14.7 Å². The minimum atomic E-state index is -1.20. The van der Waals surface area contributed by atoms with E-state index in [0.29, 0.717) is 6.42 Å². The molecule has 0 amide bonds. The smallest absolute Gasteiger partial charge is 0.334 e. The number of carbonyl (C=O) groups excluding carboxylic acids is 2. The zero-order chi connectivity index (χ0) is 10.0. The zero-order valence-corrected chi connectivity index (χ0v) is 7.52. The number of ether oxygens (including phenoxy) is 2. The maximum absolute atomic E-state index is 10.9. The van der Waals surface area contributed by atoms with Crippen LogP contribution in [0.1, 0.15) is 6.42 Å². The van der Waals surface area contributed by atoms with Crippen LogP contribution in [0.5, 0.6) is 0 Å². The minimum absolute atomic E-state index is 0.333. The molecule has 1 saturated carbocycles. The van der Waals surface area contributed by atoms with E-state index in [1.807, 2.05) is 0 Å². The van der Waals surface area contributed by atoms with Gasteiger partial charge in [0.05, 0.1) is 20.1 Å². The highest BCUT2D eigenvalue weighted by atomic mass is 16.5. The maximum Gasteiger partial charge on any atom is 0.334 e. The lowest BCUT2D eigenvalue weighted by molar-refractivity contribution is -0.152. The van der Waals surface area contributed by atoms with Gasteiger partial charge in [-0.25, -0.2) is 4.79 Å². The highest BCUT2D eigenvalue weighted by Gasteiger charge is 2.51. The van der Waals surface area contributed by atoms with Crippen molar-refractivity contribution in [1.29, 1.82) is 0 Å². The quantitative estimate of drug-likeness (QED) is 0.594. The second kappa shape index (κ2) is 3.74. The Morgan fingerprint density at radius 1 is 1.38 bits per heavy atom. The van der Waals surface area contributed by atoms with Crippen molar-refractivity contribution in [2.75, 3.05) is 14.2 Å². The third kappa shape index (κ3) is 1.98. The molecule has 1 aliphatic carbocycles. The molecule has 1 N–H and O–H groups in total. The van der Waals surface area contributed by atoms with Crippen LogP contribution in [0.3, 0.4) is 0 Å². The molecular formula is C8H12O5. The van der Waals surface area contributed by atoms with Crippen molar-refractivity contribution < 1.29 is 24.2 Å². The summed E-state index contributed by atoms with van der Waals surface area (Å²) in [7, 11) is 2.48. The summed E-state index contributed by atoms with van der Waals surface area (Å²) >= 11 is 0. The lowest BCUT2D eigenvalue weighted by atomic mass is 10.2. The van der Waals surface area contributed by atoms with Gasteiger partial charge in [-0.1, -0.05) is 0 Å². The largest absolute Gasteiger partial charge is 0.469 e. The number of carbonyl (C=O) groups is 2. The molecule has 3 atom stereocenters. The van der Waals surface area contributed by atoms with Crippen LogP contribution in [0.4, 0.5) is 0 Å². The van der Waals surface area contributed by atoms with Gasteiger partial charge < -0.3 is 14.6 Å². The average Bonchev–Trinajstić information content (AvgIpc) is 2.93.